The number of hydrogen-bond acceptors (Lipinski definition) is 7. The Bertz CT molecular complexity index is 1310. The average molecular weight is 542 g/mol. The lowest BCUT2D eigenvalue weighted by molar-refractivity contribution is -0.192. The minimum Gasteiger partial charge on any atom is -0.475 e. The number of amides is 2. The van der Waals surface area contributed by atoms with Gasteiger partial charge in [0.2, 0.25) is 11.8 Å². The van der Waals surface area contributed by atoms with Crippen molar-refractivity contribution in [2.24, 2.45) is 0 Å². The van der Waals surface area contributed by atoms with Gasteiger partial charge in [0.1, 0.15) is 18.2 Å². The van der Waals surface area contributed by atoms with Crippen molar-refractivity contribution in [2.45, 2.75) is 25.2 Å². The lowest BCUT2D eigenvalue weighted by Crippen LogP contribution is -2.40. The molecular weight excluding hydrogens is 523 g/mol. The number of nitrogens with zero attached hydrogens (tertiary/aromatic N) is 3. The first-order chi connectivity index (χ1) is 16.9. The fraction of sp³-hybridized carbons (Fsp3) is 0.227. The number of alkyl halides is 3. The number of likely N-dealkylation sites (tertiary alicyclic amines) is 1. The van der Waals surface area contributed by atoms with E-state index >= 15 is 0 Å². The molecule has 4 rings (SSSR count). The van der Waals surface area contributed by atoms with Gasteiger partial charge in [-0.2, -0.15) is 13.2 Å². The van der Waals surface area contributed by atoms with E-state index < -0.39 is 18.2 Å². The highest BCUT2D eigenvalue weighted by atomic mass is 35.5. The maximum atomic E-state index is 12.7. The molecule has 3 aromatic rings. The third-order valence-corrected chi connectivity index (χ3v) is 6.15. The van der Waals surface area contributed by atoms with E-state index in [1.165, 1.54) is 23.7 Å². The second-order valence-corrected chi connectivity index (χ2v) is 9.24. The maximum Gasteiger partial charge on any atom is 0.490 e. The van der Waals surface area contributed by atoms with Crippen LogP contribution in [-0.4, -0.2) is 56.5 Å². The Morgan fingerprint density at radius 3 is 2.64 bits per heavy atom. The summed E-state index contributed by atoms with van der Waals surface area (Å²) in [4.78, 5) is 44.5. The summed E-state index contributed by atoms with van der Waals surface area (Å²) in [5.74, 6) is -2.72. The van der Waals surface area contributed by atoms with Gasteiger partial charge in [0.15, 0.2) is 0 Å². The zero-order chi connectivity index (χ0) is 26.5. The molecule has 2 amide bonds. The summed E-state index contributed by atoms with van der Waals surface area (Å²) in [6, 6.07) is 8.77. The summed E-state index contributed by atoms with van der Waals surface area (Å²) in [6.07, 6.45) is 0.0227. The van der Waals surface area contributed by atoms with E-state index in [4.69, 9.17) is 27.2 Å². The zero-order valence-corrected chi connectivity index (χ0v) is 19.9. The predicted octanol–water partition coefficient (Wildman–Crippen LogP) is 3.49. The number of aromatic nitrogens is 2. The number of anilines is 1. The van der Waals surface area contributed by atoms with Gasteiger partial charge < -0.3 is 21.1 Å². The Morgan fingerprint density at radius 2 is 2.00 bits per heavy atom. The lowest BCUT2D eigenvalue weighted by Gasteiger charge is -2.17. The number of nitrogen functional groups attached to an aromatic ring is 1. The van der Waals surface area contributed by atoms with E-state index in [2.05, 4.69) is 15.3 Å². The fourth-order valence-electron chi connectivity index (χ4n) is 3.27. The number of nitrogens with two attached hydrogens (primary N) is 1. The summed E-state index contributed by atoms with van der Waals surface area (Å²) in [5, 5.41) is 10.7. The van der Waals surface area contributed by atoms with Gasteiger partial charge in [-0.25, -0.2) is 14.8 Å². The first-order valence-corrected chi connectivity index (χ1v) is 11.5. The van der Waals surface area contributed by atoms with Crippen molar-refractivity contribution < 1.29 is 32.7 Å². The number of rotatable bonds is 5. The molecule has 36 heavy (non-hydrogen) atoms. The quantitative estimate of drug-likeness (QED) is 0.420. The van der Waals surface area contributed by atoms with Gasteiger partial charge in [0, 0.05) is 29.4 Å². The van der Waals surface area contributed by atoms with E-state index in [0.29, 0.717) is 29.7 Å². The second-order valence-electron chi connectivity index (χ2n) is 7.50. The molecule has 3 heterocycles. The van der Waals surface area contributed by atoms with E-state index in [9.17, 15) is 22.8 Å². The molecule has 1 aliphatic heterocycles. The Balaban J connectivity index is 0.000000454. The van der Waals surface area contributed by atoms with Crippen LogP contribution in [0.25, 0.3) is 17.0 Å². The molecule has 0 spiro atoms. The minimum atomic E-state index is -5.08. The smallest absolute Gasteiger partial charge is 0.475 e. The number of aliphatic carboxylic acids is 1. The van der Waals surface area contributed by atoms with Gasteiger partial charge in [0.25, 0.3) is 0 Å². The van der Waals surface area contributed by atoms with E-state index in [1.54, 1.807) is 17.0 Å². The molecule has 0 unspecified atom stereocenters. The van der Waals surface area contributed by atoms with Crippen LogP contribution in [0, 0.1) is 0 Å². The third-order valence-electron chi connectivity index (χ3n) is 4.95. The Kier molecular flexibility index (Phi) is 8.48. The van der Waals surface area contributed by atoms with Crippen molar-refractivity contribution in [3.05, 3.63) is 57.5 Å². The number of halogens is 4. The van der Waals surface area contributed by atoms with E-state index in [1.807, 2.05) is 24.3 Å². The molecular formula is C22H19ClF3N5O4S. The van der Waals surface area contributed by atoms with Crippen molar-refractivity contribution in [3.8, 4) is 0 Å². The van der Waals surface area contributed by atoms with Crippen molar-refractivity contribution in [1.29, 1.82) is 0 Å². The van der Waals surface area contributed by atoms with Gasteiger partial charge in [-0.3, -0.25) is 9.59 Å². The molecule has 0 saturated carbocycles. The number of nitrogens with one attached hydrogen (secondary N) is 1. The number of carboxylic acid groups (broad SMARTS) is 1. The summed E-state index contributed by atoms with van der Waals surface area (Å²) in [5.41, 5.74) is 7.54. The Labute approximate surface area is 211 Å². The summed E-state index contributed by atoms with van der Waals surface area (Å²) in [6.45, 7) is 1.03. The van der Waals surface area contributed by atoms with Crippen LogP contribution in [0.1, 0.15) is 16.9 Å². The highest BCUT2D eigenvalue weighted by Crippen LogP contribution is 2.23. The Hall–Kier alpha value is -3.71. The molecule has 190 valence electrons. The molecule has 1 saturated heterocycles. The van der Waals surface area contributed by atoms with Gasteiger partial charge in [-0.15, -0.1) is 11.3 Å². The molecule has 1 atom stereocenters. The van der Waals surface area contributed by atoms with Crippen LogP contribution >= 0.6 is 22.9 Å². The van der Waals surface area contributed by atoms with Crippen LogP contribution in [0.2, 0.25) is 4.34 Å². The van der Waals surface area contributed by atoms with Gasteiger partial charge in [-0.1, -0.05) is 17.7 Å². The number of fused-ring (bicyclic) bond motifs is 1. The molecule has 1 fully saturated rings. The first kappa shape index (κ1) is 26.9. The van der Waals surface area contributed by atoms with Crippen LogP contribution in [0.4, 0.5) is 19.0 Å². The zero-order valence-electron chi connectivity index (χ0n) is 18.3. The highest BCUT2D eigenvalue weighted by Gasteiger charge is 2.38. The standard InChI is InChI=1S/C20H18ClN5O2S.C2HF3O2/c21-17-5-2-13(29-17)3-6-18(27)25-15-7-8-26(20(15)28)10-12-1-4-14-16(9-12)23-11-24-19(14)22;3-2(4,5)1(6)7/h1-6,9,11,15H,7-8,10H2,(H,25,27)(H2,22,23,24);(H,6,7)/t15-;/m0./s1. The van der Waals surface area contributed by atoms with Crippen LogP contribution in [0.3, 0.4) is 0 Å². The normalized spacial score (nSPS) is 15.7. The molecule has 0 aliphatic carbocycles. The molecule has 1 aliphatic rings. The first-order valence-electron chi connectivity index (χ1n) is 10.3. The number of carboxylic acids is 1. The average Bonchev–Trinajstić information content (AvgIpc) is 3.38. The van der Waals surface area contributed by atoms with Crippen LogP contribution in [0.15, 0.2) is 42.7 Å². The molecule has 0 bridgehead atoms. The third kappa shape index (κ3) is 7.15. The summed E-state index contributed by atoms with van der Waals surface area (Å²) >= 11 is 7.26. The topological polar surface area (TPSA) is 139 Å². The molecule has 0 radical (unpaired) electrons. The molecule has 4 N–H and O–H groups in total. The van der Waals surface area contributed by atoms with Crippen LogP contribution < -0.4 is 11.1 Å². The largest absolute Gasteiger partial charge is 0.490 e. The molecule has 1 aromatic carbocycles. The van der Waals surface area contributed by atoms with Crippen LogP contribution in [0.5, 0.6) is 0 Å². The second kappa shape index (κ2) is 11.4. The van der Waals surface area contributed by atoms with Crippen molar-refractivity contribution in [3.63, 3.8) is 0 Å². The summed E-state index contributed by atoms with van der Waals surface area (Å²) < 4.78 is 32.4. The SMILES string of the molecule is Nc1ncnc2cc(CN3CC[C@H](NC(=O)C=Cc4ccc(Cl)s4)C3=O)ccc12.O=C(O)C(F)(F)F. The van der Waals surface area contributed by atoms with Crippen molar-refractivity contribution in [2.75, 3.05) is 12.3 Å². The minimum absolute atomic E-state index is 0.0896. The summed E-state index contributed by atoms with van der Waals surface area (Å²) in [7, 11) is 0. The lowest BCUT2D eigenvalue weighted by atomic mass is 10.1. The molecule has 14 heteroatoms. The van der Waals surface area contributed by atoms with Gasteiger partial charge >= 0.3 is 12.1 Å². The number of carbonyl (C=O) groups is 3. The van der Waals surface area contributed by atoms with Crippen molar-refractivity contribution >= 4 is 63.5 Å². The number of carbonyl (C=O) groups excluding carboxylic acids is 2. The molecule has 9 nitrogen and oxygen atoms in total. The highest BCUT2D eigenvalue weighted by molar-refractivity contribution is 7.17. The fourth-order valence-corrected chi connectivity index (χ4v) is 4.23. The number of benzene rings is 1. The van der Waals surface area contributed by atoms with Gasteiger partial charge in [0.05, 0.1) is 9.85 Å². The van der Waals surface area contributed by atoms with Gasteiger partial charge in [-0.05, 0) is 42.3 Å². The maximum absolute atomic E-state index is 12.7. The van der Waals surface area contributed by atoms with E-state index in [0.717, 1.165) is 21.3 Å². The van der Waals surface area contributed by atoms with E-state index in [-0.39, 0.29) is 11.8 Å². The molecule has 2 aromatic heterocycles. The van der Waals surface area contributed by atoms with Crippen LogP contribution in [-0.2, 0) is 20.9 Å². The predicted molar refractivity (Wildman–Crippen MR) is 128 cm³/mol. The van der Waals surface area contributed by atoms with Crippen molar-refractivity contribution in [1.82, 2.24) is 20.2 Å². The number of thiophene rings is 1. The number of hydrogen-bond donors (Lipinski definition) is 3. The Morgan fingerprint density at radius 1 is 1.28 bits per heavy atom. The monoisotopic (exact) mass is 541 g/mol.